The van der Waals surface area contributed by atoms with Gasteiger partial charge < -0.3 is 10.4 Å². The summed E-state index contributed by atoms with van der Waals surface area (Å²) in [6.07, 6.45) is 4.42. The van der Waals surface area contributed by atoms with Crippen molar-refractivity contribution < 1.29 is 5.11 Å². The van der Waals surface area contributed by atoms with Crippen molar-refractivity contribution in [1.82, 2.24) is 5.32 Å². The summed E-state index contributed by atoms with van der Waals surface area (Å²) in [6.45, 7) is 12.7. The van der Waals surface area contributed by atoms with Gasteiger partial charge in [0.1, 0.15) is 0 Å². The molecule has 0 saturated carbocycles. The lowest BCUT2D eigenvalue weighted by Crippen LogP contribution is -2.45. The van der Waals surface area contributed by atoms with Crippen molar-refractivity contribution in [3.8, 4) is 0 Å². The molecule has 2 nitrogen and oxygen atoms in total. The minimum atomic E-state index is -0.219. The number of nitrogens with one attached hydrogen (secondary N) is 1. The Morgan fingerprint density at radius 3 is 2.19 bits per heavy atom. The minimum absolute atomic E-state index is 0.0954. The molecule has 2 heteroatoms. The summed E-state index contributed by atoms with van der Waals surface area (Å²) >= 11 is 0. The van der Waals surface area contributed by atoms with Crippen LogP contribution in [0, 0.1) is 11.3 Å². The van der Waals surface area contributed by atoms with Crippen LogP contribution in [0.2, 0.25) is 0 Å². The van der Waals surface area contributed by atoms with Crippen LogP contribution in [0.25, 0.3) is 0 Å². The molecule has 0 fully saturated rings. The summed E-state index contributed by atoms with van der Waals surface area (Å²) in [5.41, 5.74) is 0.0954. The minimum Gasteiger partial charge on any atom is -0.391 e. The molecule has 2 N–H and O–H groups in total. The maximum atomic E-state index is 10.4. The van der Waals surface area contributed by atoms with Crippen molar-refractivity contribution in [2.45, 2.75) is 66.4 Å². The van der Waals surface area contributed by atoms with E-state index in [1.165, 1.54) is 12.8 Å². The number of rotatable bonds is 9. The van der Waals surface area contributed by atoms with Gasteiger partial charge in [-0.1, -0.05) is 47.5 Å². The van der Waals surface area contributed by atoms with Crippen molar-refractivity contribution in [3.05, 3.63) is 0 Å². The number of likely N-dealkylation sites (N-methyl/N-ethyl adjacent to an activating group) is 1. The van der Waals surface area contributed by atoms with Crippen molar-refractivity contribution in [2.75, 3.05) is 13.1 Å². The summed E-state index contributed by atoms with van der Waals surface area (Å²) in [4.78, 5) is 0. The van der Waals surface area contributed by atoms with Crippen molar-refractivity contribution in [1.29, 1.82) is 0 Å². The highest BCUT2D eigenvalue weighted by atomic mass is 16.3. The van der Waals surface area contributed by atoms with Gasteiger partial charge in [0, 0.05) is 6.54 Å². The molecule has 0 saturated heterocycles. The Kier molecular flexibility index (Phi) is 8.04. The van der Waals surface area contributed by atoms with E-state index in [9.17, 15) is 5.11 Å². The van der Waals surface area contributed by atoms with E-state index in [1.54, 1.807) is 0 Å². The van der Waals surface area contributed by atoms with E-state index in [2.05, 4.69) is 39.9 Å². The molecule has 0 radical (unpaired) electrons. The largest absolute Gasteiger partial charge is 0.391 e. The van der Waals surface area contributed by atoms with E-state index in [4.69, 9.17) is 0 Å². The highest BCUT2D eigenvalue weighted by molar-refractivity contribution is 4.89. The lowest BCUT2D eigenvalue weighted by atomic mass is 9.67. The zero-order valence-corrected chi connectivity index (χ0v) is 11.8. The molecular formula is C14H31NO. The van der Waals surface area contributed by atoms with E-state index in [0.717, 1.165) is 25.9 Å². The predicted octanol–water partition coefficient (Wildman–Crippen LogP) is 3.20. The van der Waals surface area contributed by atoms with Crippen LogP contribution in [0.1, 0.15) is 60.3 Å². The van der Waals surface area contributed by atoms with Crippen LogP contribution in [0.5, 0.6) is 0 Å². The molecule has 0 heterocycles. The first-order valence-electron chi connectivity index (χ1n) is 6.93. The molecule has 16 heavy (non-hydrogen) atoms. The standard InChI is InChI=1S/C14H31NO/c1-6-9-10-14(7-2,12(4)5)13(16)11-15-8-3/h12-13,15-16H,6-11H2,1-5H3. The van der Waals surface area contributed by atoms with Crippen LogP contribution in [-0.2, 0) is 0 Å². The molecule has 98 valence electrons. The van der Waals surface area contributed by atoms with Crippen LogP contribution in [0.3, 0.4) is 0 Å². The van der Waals surface area contributed by atoms with Gasteiger partial charge >= 0.3 is 0 Å². The Morgan fingerprint density at radius 2 is 1.81 bits per heavy atom. The highest BCUT2D eigenvalue weighted by Gasteiger charge is 2.38. The number of aliphatic hydroxyl groups is 1. The Labute approximate surface area is 102 Å². The topological polar surface area (TPSA) is 32.3 Å². The zero-order chi connectivity index (χ0) is 12.6. The van der Waals surface area contributed by atoms with Gasteiger partial charge in [-0.05, 0) is 30.7 Å². The lowest BCUT2D eigenvalue weighted by molar-refractivity contribution is -0.0210. The summed E-state index contributed by atoms with van der Waals surface area (Å²) in [7, 11) is 0. The van der Waals surface area contributed by atoms with E-state index < -0.39 is 0 Å². The van der Waals surface area contributed by atoms with Gasteiger partial charge in [0.05, 0.1) is 6.10 Å². The van der Waals surface area contributed by atoms with Gasteiger partial charge in [0.25, 0.3) is 0 Å². The van der Waals surface area contributed by atoms with Crippen molar-refractivity contribution in [3.63, 3.8) is 0 Å². The average molecular weight is 229 g/mol. The Balaban J connectivity index is 4.59. The highest BCUT2D eigenvalue weighted by Crippen LogP contribution is 2.40. The van der Waals surface area contributed by atoms with Gasteiger partial charge in [-0.2, -0.15) is 0 Å². The molecule has 0 amide bonds. The second-order valence-electron chi connectivity index (χ2n) is 5.17. The third kappa shape index (κ3) is 4.06. The second kappa shape index (κ2) is 8.08. The quantitative estimate of drug-likeness (QED) is 0.636. The summed E-state index contributed by atoms with van der Waals surface area (Å²) in [5.74, 6) is 0.540. The maximum absolute atomic E-state index is 10.4. The third-order valence-corrected chi connectivity index (χ3v) is 4.06. The summed E-state index contributed by atoms with van der Waals surface area (Å²) < 4.78 is 0. The number of aliphatic hydroxyl groups excluding tert-OH is 1. The number of hydrogen-bond donors (Lipinski definition) is 2. The molecule has 0 bridgehead atoms. The van der Waals surface area contributed by atoms with Crippen molar-refractivity contribution in [2.24, 2.45) is 11.3 Å². The number of unbranched alkanes of at least 4 members (excludes halogenated alkanes) is 1. The average Bonchev–Trinajstić information content (AvgIpc) is 2.27. The van der Waals surface area contributed by atoms with E-state index in [-0.39, 0.29) is 11.5 Å². The van der Waals surface area contributed by atoms with Gasteiger partial charge in [-0.3, -0.25) is 0 Å². The smallest absolute Gasteiger partial charge is 0.0723 e. The third-order valence-electron chi connectivity index (χ3n) is 4.06. The van der Waals surface area contributed by atoms with E-state index >= 15 is 0 Å². The van der Waals surface area contributed by atoms with Crippen LogP contribution in [-0.4, -0.2) is 24.3 Å². The first-order chi connectivity index (χ1) is 7.55. The van der Waals surface area contributed by atoms with Crippen LogP contribution in [0.4, 0.5) is 0 Å². The molecule has 0 aromatic rings. The molecule has 0 rings (SSSR count). The van der Waals surface area contributed by atoms with Gasteiger partial charge in [-0.25, -0.2) is 0 Å². The molecule has 0 aromatic carbocycles. The summed E-state index contributed by atoms with van der Waals surface area (Å²) in [6, 6.07) is 0. The molecule has 2 atom stereocenters. The van der Waals surface area contributed by atoms with E-state index in [0.29, 0.717) is 5.92 Å². The lowest BCUT2D eigenvalue weighted by Gasteiger charge is -2.41. The Bertz CT molecular complexity index is 170. The molecular weight excluding hydrogens is 198 g/mol. The number of hydrogen-bond acceptors (Lipinski definition) is 2. The summed E-state index contributed by atoms with van der Waals surface area (Å²) in [5, 5.41) is 13.7. The fourth-order valence-corrected chi connectivity index (χ4v) is 2.65. The molecule has 0 aliphatic heterocycles. The first-order valence-corrected chi connectivity index (χ1v) is 6.93. The molecule has 0 aromatic heterocycles. The molecule has 0 spiro atoms. The van der Waals surface area contributed by atoms with Gasteiger partial charge in [-0.15, -0.1) is 0 Å². The van der Waals surface area contributed by atoms with E-state index in [1.807, 2.05) is 0 Å². The molecule has 0 aliphatic rings. The Morgan fingerprint density at radius 1 is 1.19 bits per heavy atom. The maximum Gasteiger partial charge on any atom is 0.0723 e. The normalized spacial score (nSPS) is 17.4. The molecule has 0 aliphatic carbocycles. The fourth-order valence-electron chi connectivity index (χ4n) is 2.65. The van der Waals surface area contributed by atoms with Crippen LogP contribution < -0.4 is 5.32 Å². The van der Waals surface area contributed by atoms with Gasteiger partial charge in [0.2, 0.25) is 0 Å². The zero-order valence-electron chi connectivity index (χ0n) is 11.8. The first kappa shape index (κ1) is 15.9. The van der Waals surface area contributed by atoms with Crippen LogP contribution >= 0.6 is 0 Å². The monoisotopic (exact) mass is 229 g/mol. The molecule has 2 unspecified atom stereocenters. The van der Waals surface area contributed by atoms with Crippen molar-refractivity contribution >= 4 is 0 Å². The predicted molar refractivity (Wildman–Crippen MR) is 71.6 cm³/mol. The SMILES string of the molecule is CCCCC(CC)(C(C)C)C(O)CNCC. The fraction of sp³-hybridized carbons (Fsp3) is 1.00. The van der Waals surface area contributed by atoms with Crippen LogP contribution in [0.15, 0.2) is 0 Å². The van der Waals surface area contributed by atoms with Gasteiger partial charge in [0.15, 0.2) is 0 Å². The Hall–Kier alpha value is -0.0800. The second-order valence-corrected chi connectivity index (χ2v) is 5.17.